The lowest BCUT2D eigenvalue weighted by atomic mass is 10.0. The minimum absolute atomic E-state index is 0. The number of hydrogen-bond donors (Lipinski definition) is 1. The average molecular weight is 501 g/mol. The van der Waals surface area contributed by atoms with Crippen LogP contribution in [0.4, 0.5) is 0 Å². The van der Waals surface area contributed by atoms with Crippen molar-refractivity contribution in [1.29, 1.82) is 0 Å². The molecule has 3 rings (SSSR count). The minimum Gasteiger partial charge on any atom is -0.490 e. The van der Waals surface area contributed by atoms with Crippen LogP contribution in [0.25, 0.3) is 0 Å². The summed E-state index contributed by atoms with van der Waals surface area (Å²) >= 11 is 0. The Kier molecular flexibility index (Phi) is 9.85. The van der Waals surface area contributed by atoms with Gasteiger partial charge >= 0.3 is 0 Å². The summed E-state index contributed by atoms with van der Waals surface area (Å²) in [4.78, 5) is 7.39. The Bertz CT molecular complexity index is 585. The van der Waals surface area contributed by atoms with Crippen LogP contribution in [0.2, 0.25) is 0 Å². The molecule has 0 spiro atoms. The molecule has 1 aliphatic heterocycles. The lowest BCUT2D eigenvalue weighted by molar-refractivity contribution is 0.127. The maximum absolute atomic E-state index is 6.12. The molecule has 1 saturated heterocycles. The predicted octanol–water partition coefficient (Wildman–Crippen LogP) is 4.32. The SMILES string of the molecule is CCNC(=NCC1(CCOCC)CC1)N1CCC(Oc2ccccc2)CC1.I. The Morgan fingerprint density at radius 1 is 1.18 bits per heavy atom. The van der Waals surface area contributed by atoms with E-state index in [2.05, 4.69) is 24.1 Å². The number of para-hydroxylation sites is 1. The van der Waals surface area contributed by atoms with E-state index in [-0.39, 0.29) is 24.0 Å². The number of piperidine rings is 1. The van der Waals surface area contributed by atoms with Gasteiger partial charge in [0.15, 0.2) is 5.96 Å². The summed E-state index contributed by atoms with van der Waals surface area (Å²) in [6.45, 7) is 9.69. The summed E-state index contributed by atoms with van der Waals surface area (Å²) in [6, 6.07) is 10.2. The van der Waals surface area contributed by atoms with Crippen molar-refractivity contribution in [3.05, 3.63) is 30.3 Å². The molecule has 0 unspecified atom stereocenters. The lowest BCUT2D eigenvalue weighted by Crippen LogP contribution is -2.47. The Labute approximate surface area is 187 Å². The molecule has 6 heteroatoms. The van der Waals surface area contributed by atoms with Gasteiger partial charge in [0.05, 0.1) is 0 Å². The van der Waals surface area contributed by atoms with Crippen molar-refractivity contribution >= 4 is 29.9 Å². The number of hydrogen-bond acceptors (Lipinski definition) is 3. The zero-order chi connectivity index (χ0) is 19.0. The molecule has 158 valence electrons. The summed E-state index contributed by atoms with van der Waals surface area (Å²) in [6.07, 6.45) is 6.08. The van der Waals surface area contributed by atoms with Crippen LogP contribution in [0.3, 0.4) is 0 Å². The molecule has 0 amide bonds. The standard InChI is InChI=1S/C22H35N3O2.HI/c1-3-23-21(24-18-22(12-13-22)14-17-26-4-2)25-15-10-20(11-16-25)27-19-8-6-5-7-9-19;/h5-9,20H,3-4,10-18H2,1-2H3,(H,23,24);1H. The van der Waals surface area contributed by atoms with Gasteiger partial charge in [-0.25, -0.2) is 0 Å². The van der Waals surface area contributed by atoms with Gasteiger partial charge in [-0.3, -0.25) is 4.99 Å². The molecule has 1 aromatic carbocycles. The third-order valence-corrected chi connectivity index (χ3v) is 5.62. The molecule has 28 heavy (non-hydrogen) atoms. The number of guanidine groups is 1. The molecule has 0 bridgehead atoms. The third kappa shape index (κ3) is 7.10. The van der Waals surface area contributed by atoms with Gasteiger partial charge in [0.25, 0.3) is 0 Å². The number of rotatable bonds is 9. The Hall–Kier alpha value is -1.02. The number of aliphatic imine (C=N–C) groups is 1. The fourth-order valence-corrected chi connectivity index (χ4v) is 3.64. The molecule has 0 aromatic heterocycles. The van der Waals surface area contributed by atoms with Crippen molar-refractivity contribution in [2.75, 3.05) is 39.4 Å². The second kappa shape index (κ2) is 11.9. The highest BCUT2D eigenvalue weighted by Crippen LogP contribution is 2.49. The molecular formula is C22H36IN3O2. The molecular weight excluding hydrogens is 465 g/mol. The summed E-state index contributed by atoms with van der Waals surface area (Å²) in [5.41, 5.74) is 0.393. The van der Waals surface area contributed by atoms with E-state index in [4.69, 9.17) is 14.5 Å². The normalized spacial score (nSPS) is 19.1. The van der Waals surface area contributed by atoms with Crippen LogP contribution in [0.1, 0.15) is 46.0 Å². The van der Waals surface area contributed by atoms with E-state index in [1.807, 2.05) is 30.3 Å². The quantitative estimate of drug-likeness (QED) is 0.237. The first-order valence-electron chi connectivity index (χ1n) is 10.6. The summed E-state index contributed by atoms with van der Waals surface area (Å²) in [5.74, 6) is 2.04. The number of benzene rings is 1. The molecule has 0 radical (unpaired) electrons. The molecule has 1 aromatic rings. The van der Waals surface area contributed by atoms with Crippen molar-refractivity contribution in [2.45, 2.75) is 52.1 Å². The molecule has 2 aliphatic rings. The second-order valence-corrected chi connectivity index (χ2v) is 7.73. The smallest absolute Gasteiger partial charge is 0.193 e. The molecule has 1 N–H and O–H groups in total. The first-order chi connectivity index (χ1) is 13.2. The van der Waals surface area contributed by atoms with Gasteiger partial charge in [0.2, 0.25) is 0 Å². The molecule has 5 nitrogen and oxygen atoms in total. The number of nitrogens with one attached hydrogen (secondary N) is 1. The zero-order valence-corrected chi connectivity index (χ0v) is 19.7. The molecule has 1 aliphatic carbocycles. The van der Waals surface area contributed by atoms with Crippen LogP contribution in [0.5, 0.6) is 5.75 Å². The van der Waals surface area contributed by atoms with Gasteiger partial charge in [-0.1, -0.05) is 18.2 Å². The van der Waals surface area contributed by atoms with Crippen molar-refractivity contribution in [3.63, 3.8) is 0 Å². The van der Waals surface area contributed by atoms with E-state index in [0.29, 0.717) is 11.5 Å². The summed E-state index contributed by atoms with van der Waals surface area (Å²) < 4.78 is 11.7. The van der Waals surface area contributed by atoms with Crippen LogP contribution >= 0.6 is 24.0 Å². The first kappa shape index (κ1) is 23.3. The average Bonchev–Trinajstić information content (AvgIpc) is 3.47. The largest absolute Gasteiger partial charge is 0.490 e. The van der Waals surface area contributed by atoms with Crippen molar-refractivity contribution in [2.24, 2.45) is 10.4 Å². The van der Waals surface area contributed by atoms with Gasteiger partial charge in [-0.2, -0.15) is 0 Å². The van der Waals surface area contributed by atoms with Gasteiger partial charge in [0.1, 0.15) is 11.9 Å². The highest BCUT2D eigenvalue weighted by Gasteiger charge is 2.42. The van der Waals surface area contributed by atoms with Crippen LogP contribution in [0, 0.1) is 5.41 Å². The zero-order valence-electron chi connectivity index (χ0n) is 17.4. The van der Waals surface area contributed by atoms with E-state index in [9.17, 15) is 0 Å². The summed E-state index contributed by atoms with van der Waals surface area (Å²) in [5, 5.41) is 3.49. The highest BCUT2D eigenvalue weighted by molar-refractivity contribution is 14.0. The minimum atomic E-state index is 0. The van der Waals surface area contributed by atoms with E-state index >= 15 is 0 Å². The first-order valence-corrected chi connectivity index (χ1v) is 10.6. The van der Waals surface area contributed by atoms with Crippen LogP contribution in [-0.4, -0.2) is 56.4 Å². The summed E-state index contributed by atoms with van der Waals surface area (Å²) in [7, 11) is 0. The van der Waals surface area contributed by atoms with E-state index in [0.717, 1.165) is 70.4 Å². The number of ether oxygens (including phenoxy) is 2. The third-order valence-electron chi connectivity index (χ3n) is 5.62. The van der Waals surface area contributed by atoms with Crippen LogP contribution < -0.4 is 10.1 Å². The van der Waals surface area contributed by atoms with Gasteiger partial charge in [0, 0.05) is 52.2 Å². The maximum Gasteiger partial charge on any atom is 0.193 e. The molecule has 1 heterocycles. The van der Waals surface area contributed by atoms with Gasteiger partial charge < -0.3 is 19.7 Å². The topological polar surface area (TPSA) is 46.1 Å². The van der Waals surface area contributed by atoms with Gasteiger partial charge in [-0.05, 0) is 50.7 Å². The van der Waals surface area contributed by atoms with Crippen molar-refractivity contribution in [1.82, 2.24) is 10.2 Å². The van der Waals surface area contributed by atoms with E-state index in [1.165, 1.54) is 12.8 Å². The Balaban J connectivity index is 0.00000280. The van der Waals surface area contributed by atoms with Gasteiger partial charge in [-0.15, -0.1) is 24.0 Å². The molecule has 1 saturated carbocycles. The van der Waals surface area contributed by atoms with Crippen molar-refractivity contribution < 1.29 is 9.47 Å². The number of nitrogens with zero attached hydrogens (tertiary/aromatic N) is 2. The fraction of sp³-hybridized carbons (Fsp3) is 0.682. The fourth-order valence-electron chi connectivity index (χ4n) is 3.64. The lowest BCUT2D eigenvalue weighted by Gasteiger charge is -2.34. The van der Waals surface area contributed by atoms with Crippen molar-refractivity contribution in [3.8, 4) is 5.75 Å². The molecule has 2 fully saturated rings. The Morgan fingerprint density at radius 3 is 2.50 bits per heavy atom. The van der Waals surface area contributed by atoms with E-state index < -0.39 is 0 Å². The predicted molar refractivity (Wildman–Crippen MR) is 126 cm³/mol. The maximum atomic E-state index is 6.12. The monoisotopic (exact) mass is 501 g/mol. The van der Waals surface area contributed by atoms with Crippen LogP contribution in [-0.2, 0) is 4.74 Å². The number of halogens is 1. The second-order valence-electron chi connectivity index (χ2n) is 7.73. The number of likely N-dealkylation sites (tertiary alicyclic amines) is 1. The highest BCUT2D eigenvalue weighted by atomic mass is 127. The molecule has 0 atom stereocenters. The Morgan fingerprint density at radius 2 is 1.89 bits per heavy atom. The van der Waals surface area contributed by atoms with E-state index in [1.54, 1.807) is 0 Å². The van der Waals surface area contributed by atoms with Crippen LogP contribution in [0.15, 0.2) is 35.3 Å².